The average molecular weight is 378 g/mol. The van der Waals surface area contributed by atoms with Crippen LogP contribution in [0, 0.1) is 0 Å². The summed E-state index contributed by atoms with van der Waals surface area (Å²) in [5, 5.41) is 0. The van der Waals surface area contributed by atoms with E-state index in [4.69, 9.17) is 18.9 Å². The Morgan fingerprint density at radius 3 is 2.30 bits per heavy atom. The zero-order valence-electron chi connectivity index (χ0n) is 16.3. The van der Waals surface area contributed by atoms with Crippen LogP contribution in [0.4, 0.5) is 0 Å². The van der Waals surface area contributed by atoms with Gasteiger partial charge in [-0.05, 0) is 51.5 Å². The van der Waals surface area contributed by atoms with E-state index in [0.29, 0.717) is 25.2 Å². The van der Waals surface area contributed by atoms with E-state index in [1.54, 1.807) is 38.1 Å². The third-order valence-electron chi connectivity index (χ3n) is 4.65. The maximum atomic E-state index is 12.9. The highest BCUT2D eigenvalue weighted by Gasteiger charge is 2.50. The quantitative estimate of drug-likeness (QED) is 0.353. The van der Waals surface area contributed by atoms with Gasteiger partial charge in [0.05, 0.1) is 13.2 Å². The molecule has 6 nitrogen and oxygen atoms in total. The van der Waals surface area contributed by atoms with Gasteiger partial charge in [-0.25, -0.2) is 0 Å². The van der Waals surface area contributed by atoms with Crippen molar-refractivity contribution >= 4 is 11.9 Å². The number of carbonyl (C=O) groups is 2. The normalized spacial score (nSPS) is 17.3. The summed E-state index contributed by atoms with van der Waals surface area (Å²) >= 11 is 0. The fraction of sp³-hybridized carbons (Fsp3) is 0.619. The molecule has 1 aliphatic rings. The molecule has 2 rings (SSSR count). The minimum Gasteiger partial charge on any atom is -0.465 e. The summed E-state index contributed by atoms with van der Waals surface area (Å²) in [5.74, 6) is -1.16. The van der Waals surface area contributed by atoms with Gasteiger partial charge in [0.2, 0.25) is 0 Å². The summed E-state index contributed by atoms with van der Waals surface area (Å²) in [7, 11) is 0. The van der Waals surface area contributed by atoms with Crippen LogP contribution in [0.25, 0.3) is 0 Å². The van der Waals surface area contributed by atoms with Crippen molar-refractivity contribution in [3.05, 3.63) is 35.9 Å². The van der Waals surface area contributed by atoms with Gasteiger partial charge >= 0.3 is 11.9 Å². The van der Waals surface area contributed by atoms with E-state index in [1.165, 1.54) is 0 Å². The van der Waals surface area contributed by atoms with Gasteiger partial charge in [-0.3, -0.25) is 9.59 Å². The van der Waals surface area contributed by atoms with Crippen LogP contribution in [-0.4, -0.2) is 44.7 Å². The molecule has 6 heteroatoms. The molecule has 0 aliphatic carbocycles. The van der Waals surface area contributed by atoms with Gasteiger partial charge < -0.3 is 18.9 Å². The first-order valence-electron chi connectivity index (χ1n) is 9.78. The second-order valence-corrected chi connectivity index (χ2v) is 6.48. The van der Waals surface area contributed by atoms with Crippen molar-refractivity contribution in [2.75, 3.05) is 26.4 Å². The maximum Gasteiger partial charge on any atom is 0.328 e. The van der Waals surface area contributed by atoms with Gasteiger partial charge in [0, 0.05) is 13.2 Å². The molecule has 0 unspecified atom stereocenters. The second-order valence-electron chi connectivity index (χ2n) is 6.48. The third kappa shape index (κ3) is 5.53. The Labute approximate surface area is 161 Å². The second kappa shape index (κ2) is 11.0. The van der Waals surface area contributed by atoms with E-state index >= 15 is 0 Å². The Balaban J connectivity index is 2.15. The zero-order valence-corrected chi connectivity index (χ0v) is 16.3. The first kappa shape index (κ1) is 21.4. The zero-order chi connectivity index (χ0) is 19.5. The lowest BCUT2D eigenvalue weighted by Gasteiger charge is -2.30. The molecule has 150 valence electrons. The van der Waals surface area contributed by atoms with Crippen molar-refractivity contribution in [1.29, 1.82) is 0 Å². The molecule has 0 amide bonds. The molecular formula is C21H30O6. The molecule has 1 heterocycles. The Hall–Kier alpha value is -1.92. The van der Waals surface area contributed by atoms with Crippen LogP contribution in [-0.2, 0) is 34.0 Å². The molecule has 0 aromatic heterocycles. The molecule has 0 saturated carbocycles. The van der Waals surface area contributed by atoms with Crippen LogP contribution in [0.5, 0.6) is 0 Å². The van der Waals surface area contributed by atoms with Gasteiger partial charge in [-0.2, -0.15) is 0 Å². The van der Waals surface area contributed by atoms with Crippen molar-refractivity contribution in [2.24, 2.45) is 0 Å². The molecule has 0 bridgehead atoms. The molecular weight excluding hydrogens is 348 g/mol. The van der Waals surface area contributed by atoms with Crippen molar-refractivity contribution in [1.82, 2.24) is 0 Å². The van der Waals surface area contributed by atoms with Crippen molar-refractivity contribution in [2.45, 2.75) is 57.7 Å². The lowest BCUT2D eigenvalue weighted by Crippen LogP contribution is -2.46. The largest absolute Gasteiger partial charge is 0.465 e. The van der Waals surface area contributed by atoms with E-state index < -0.39 is 17.4 Å². The first-order chi connectivity index (χ1) is 13.1. The predicted molar refractivity (Wildman–Crippen MR) is 100 cm³/mol. The van der Waals surface area contributed by atoms with E-state index in [0.717, 1.165) is 19.3 Å². The van der Waals surface area contributed by atoms with Crippen molar-refractivity contribution in [3.63, 3.8) is 0 Å². The molecule has 1 saturated heterocycles. The summed E-state index contributed by atoms with van der Waals surface area (Å²) in [5.41, 5.74) is -0.903. The number of esters is 2. The number of hydrogen-bond donors (Lipinski definition) is 0. The van der Waals surface area contributed by atoms with Crippen LogP contribution in [0.15, 0.2) is 30.3 Å². The van der Waals surface area contributed by atoms with Crippen LogP contribution >= 0.6 is 0 Å². The van der Waals surface area contributed by atoms with Crippen molar-refractivity contribution in [3.8, 4) is 0 Å². The Morgan fingerprint density at radius 1 is 1.07 bits per heavy atom. The fourth-order valence-corrected chi connectivity index (χ4v) is 3.29. The van der Waals surface area contributed by atoms with Crippen LogP contribution < -0.4 is 0 Å². The van der Waals surface area contributed by atoms with Crippen molar-refractivity contribution < 1.29 is 28.5 Å². The minimum atomic E-state index is -1.48. The van der Waals surface area contributed by atoms with Crippen LogP contribution in [0.2, 0.25) is 0 Å². The summed E-state index contributed by atoms with van der Waals surface area (Å²) < 4.78 is 21.9. The molecule has 1 fully saturated rings. The Bertz CT molecular complexity index is 562. The summed E-state index contributed by atoms with van der Waals surface area (Å²) in [6.07, 6.45) is 3.58. The third-order valence-corrected chi connectivity index (χ3v) is 4.65. The molecule has 1 aliphatic heterocycles. The smallest absolute Gasteiger partial charge is 0.328 e. The molecule has 0 radical (unpaired) electrons. The average Bonchev–Trinajstić information content (AvgIpc) is 2.70. The monoisotopic (exact) mass is 378 g/mol. The number of rotatable bonds is 10. The first-order valence-corrected chi connectivity index (χ1v) is 9.78. The minimum absolute atomic E-state index is 0.194. The van der Waals surface area contributed by atoms with Crippen LogP contribution in [0.3, 0.4) is 0 Å². The van der Waals surface area contributed by atoms with Gasteiger partial charge in [-0.15, -0.1) is 0 Å². The topological polar surface area (TPSA) is 71.1 Å². The van der Waals surface area contributed by atoms with Crippen LogP contribution in [0.1, 0.15) is 51.5 Å². The number of ether oxygens (including phenoxy) is 4. The maximum absolute atomic E-state index is 12.9. The number of benzene rings is 1. The lowest BCUT2D eigenvalue weighted by atomic mass is 9.76. The summed E-state index contributed by atoms with van der Waals surface area (Å²) in [4.78, 5) is 25.8. The number of carbonyl (C=O) groups excluding carboxylic acids is 2. The van der Waals surface area contributed by atoms with Gasteiger partial charge in [0.15, 0.2) is 11.7 Å². The van der Waals surface area contributed by atoms with Gasteiger partial charge in [0.1, 0.15) is 0 Å². The van der Waals surface area contributed by atoms with E-state index in [9.17, 15) is 9.59 Å². The molecule has 1 aromatic carbocycles. The lowest BCUT2D eigenvalue weighted by molar-refractivity contribution is -0.169. The van der Waals surface area contributed by atoms with E-state index in [-0.39, 0.29) is 25.9 Å². The molecule has 1 aromatic rings. The predicted octanol–water partition coefficient (Wildman–Crippen LogP) is 3.37. The Morgan fingerprint density at radius 2 is 1.74 bits per heavy atom. The van der Waals surface area contributed by atoms with Gasteiger partial charge in [0.25, 0.3) is 0 Å². The highest BCUT2D eigenvalue weighted by atomic mass is 16.7. The highest BCUT2D eigenvalue weighted by molar-refractivity contribution is 6.06. The molecule has 1 atom stereocenters. The standard InChI is InChI=1S/C21H30O6/c1-3-24-19(22)21(20(23)25-4-2,17-11-6-5-7-12-17)14-10-16-27-18-13-8-9-15-26-18/h5-7,11-12,18H,3-4,8-10,13-16H2,1-2H3/t18-/m0/s1. The summed E-state index contributed by atoms with van der Waals surface area (Å²) in [6.45, 7) is 4.95. The highest BCUT2D eigenvalue weighted by Crippen LogP contribution is 2.33. The van der Waals surface area contributed by atoms with Gasteiger partial charge in [-0.1, -0.05) is 30.3 Å². The van der Waals surface area contributed by atoms with E-state index in [2.05, 4.69) is 0 Å². The molecule has 0 N–H and O–H groups in total. The number of hydrogen-bond acceptors (Lipinski definition) is 6. The summed E-state index contributed by atoms with van der Waals surface area (Å²) in [6, 6.07) is 8.97. The Kier molecular flexibility index (Phi) is 8.75. The fourth-order valence-electron chi connectivity index (χ4n) is 3.29. The molecule has 0 spiro atoms. The van der Waals surface area contributed by atoms with E-state index in [1.807, 2.05) is 6.07 Å². The SMILES string of the molecule is CCOC(=O)C(CCCO[C@H]1CCCCO1)(C(=O)OCC)c1ccccc1. The molecule has 27 heavy (non-hydrogen) atoms.